The number of carbonyl (C=O) groups is 4. The van der Waals surface area contributed by atoms with Crippen molar-refractivity contribution in [3.63, 3.8) is 0 Å². The van der Waals surface area contributed by atoms with Crippen LogP contribution >= 0.6 is 11.3 Å². The lowest BCUT2D eigenvalue weighted by molar-refractivity contribution is 0.0338. The van der Waals surface area contributed by atoms with Gasteiger partial charge in [-0.3, -0.25) is 24.1 Å². The van der Waals surface area contributed by atoms with Crippen LogP contribution in [0.5, 0.6) is 0 Å². The number of ether oxygens (including phenoxy) is 1. The number of rotatable bonds is 16. The molecule has 3 aromatic carbocycles. The van der Waals surface area contributed by atoms with Crippen molar-refractivity contribution in [2.24, 2.45) is 0 Å². The number of nitrogens with zero attached hydrogens (tertiary/aromatic N) is 3. The fraction of sp³-hybridized carbons (Fsp3) is 0.409. The number of aliphatic hydroxyl groups is 2. The Bertz CT molecular complexity index is 2040. The minimum Gasteiger partial charge on any atom is -0.395 e. The van der Waals surface area contributed by atoms with Gasteiger partial charge in [0.05, 0.1) is 32.0 Å². The molecular weight excluding hydrogens is 743 g/mol. The van der Waals surface area contributed by atoms with Crippen molar-refractivity contribution in [2.45, 2.75) is 45.4 Å². The fourth-order valence-corrected chi connectivity index (χ4v) is 8.66. The average Bonchev–Trinajstić information content (AvgIpc) is 3.60. The predicted octanol–water partition coefficient (Wildman–Crippen LogP) is 5.06. The molecule has 2 heterocycles. The van der Waals surface area contributed by atoms with Gasteiger partial charge in [0.2, 0.25) is 0 Å². The van der Waals surface area contributed by atoms with Crippen LogP contribution in [-0.4, -0.2) is 121 Å². The second kappa shape index (κ2) is 20.0. The van der Waals surface area contributed by atoms with Crippen LogP contribution in [-0.2, 0) is 30.4 Å². The van der Waals surface area contributed by atoms with E-state index in [4.69, 9.17) is 4.74 Å². The van der Waals surface area contributed by atoms with Crippen LogP contribution in [0, 0.1) is 6.92 Å². The lowest BCUT2D eigenvalue weighted by atomic mass is 9.95. The van der Waals surface area contributed by atoms with Crippen LogP contribution in [0.15, 0.2) is 66.7 Å². The molecule has 4 N–H and O–H groups in total. The molecule has 1 aliphatic heterocycles. The first-order valence-corrected chi connectivity index (χ1v) is 20.6. The van der Waals surface area contributed by atoms with E-state index in [1.54, 1.807) is 48.3 Å². The second-order valence-corrected chi connectivity index (χ2v) is 15.8. The Morgan fingerprint density at radius 3 is 2.23 bits per heavy atom. The third-order valence-corrected chi connectivity index (χ3v) is 11.9. The molecule has 2 aliphatic rings. The summed E-state index contributed by atoms with van der Waals surface area (Å²) >= 11 is 1.45. The van der Waals surface area contributed by atoms with Crippen LogP contribution in [0.25, 0.3) is 0 Å². The van der Waals surface area contributed by atoms with E-state index in [-0.39, 0.29) is 49.9 Å². The maximum Gasteiger partial charge on any atom is 0.258 e. The molecular formula is C44H53N5O7S. The summed E-state index contributed by atoms with van der Waals surface area (Å²) in [4.78, 5) is 60.3. The zero-order valence-corrected chi connectivity index (χ0v) is 33.7. The maximum atomic E-state index is 14.0. The molecule has 4 aromatic rings. The first kappa shape index (κ1) is 41.7. The smallest absolute Gasteiger partial charge is 0.258 e. The molecule has 4 amide bonds. The number of likely N-dealkylation sites (N-methyl/N-ethyl adjacent to an activating group) is 1. The molecule has 6 rings (SSSR count). The molecule has 13 heteroatoms. The summed E-state index contributed by atoms with van der Waals surface area (Å²) in [5.74, 6) is -1.03. The van der Waals surface area contributed by atoms with Crippen LogP contribution in [0.1, 0.15) is 81.4 Å². The molecule has 0 spiro atoms. The van der Waals surface area contributed by atoms with Crippen LogP contribution in [0.3, 0.4) is 0 Å². The second-order valence-electron chi connectivity index (χ2n) is 14.7. The number of anilines is 2. The highest BCUT2D eigenvalue weighted by molar-refractivity contribution is 7.17. The molecule has 0 unspecified atom stereocenters. The molecule has 0 radical (unpaired) electrons. The third-order valence-electron chi connectivity index (χ3n) is 10.7. The summed E-state index contributed by atoms with van der Waals surface area (Å²) in [5.41, 5.74) is 6.67. The zero-order valence-electron chi connectivity index (χ0n) is 32.9. The van der Waals surface area contributed by atoms with Crippen molar-refractivity contribution in [2.75, 3.05) is 83.4 Å². The molecule has 1 saturated heterocycles. The molecule has 1 aromatic heterocycles. The highest BCUT2D eigenvalue weighted by atomic mass is 32.1. The Hall–Kier alpha value is -4.92. The standard InChI is InChI=1S/C44H53N5O7S/c1-30-28-36(17-16-32(30)13-10-31-11-14-33(15-12-31)44(55)49(20-24-50)21-25-51)45-41(53)39-37-8-3-4-9-38(37)57-42(39)46-40(52)34-6-5-7-35(29-34)43(54)47(2)18-19-48-22-26-56-27-23-48/h5-7,11-12,14-17,28-29,50-51H,3-4,8-10,13,18-27H2,1-2H3,(H,45,53)(H,46,52). The van der Waals surface area contributed by atoms with E-state index >= 15 is 0 Å². The van der Waals surface area contributed by atoms with E-state index < -0.39 is 0 Å². The number of aliphatic hydroxyl groups excluding tert-OH is 2. The minimum absolute atomic E-state index is 0.157. The minimum atomic E-state index is -0.375. The summed E-state index contributed by atoms with van der Waals surface area (Å²) in [6.45, 7) is 6.42. The highest BCUT2D eigenvalue weighted by Gasteiger charge is 2.27. The number of benzene rings is 3. The van der Waals surface area contributed by atoms with E-state index in [9.17, 15) is 29.4 Å². The Morgan fingerprint density at radius 1 is 0.789 bits per heavy atom. The lowest BCUT2D eigenvalue weighted by Gasteiger charge is -2.28. The van der Waals surface area contributed by atoms with E-state index in [2.05, 4.69) is 15.5 Å². The number of morpholine rings is 1. The zero-order chi connectivity index (χ0) is 40.3. The first-order chi connectivity index (χ1) is 27.6. The monoisotopic (exact) mass is 795 g/mol. The SMILES string of the molecule is Cc1cc(NC(=O)c2c(NC(=O)c3cccc(C(=O)N(C)CCN4CCOCC4)c3)sc3c2CCCC3)ccc1CCc1ccc(C(=O)N(CCO)CCO)cc1. The molecule has 1 fully saturated rings. The number of fused-ring (bicyclic) bond motifs is 1. The van der Waals surface area contributed by atoms with Crippen LogP contribution in [0.4, 0.5) is 10.7 Å². The van der Waals surface area contributed by atoms with Crippen molar-refractivity contribution in [1.29, 1.82) is 0 Å². The number of aryl methyl sites for hydroxylation is 4. The summed E-state index contributed by atoms with van der Waals surface area (Å²) in [6.07, 6.45) is 5.14. The van der Waals surface area contributed by atoms with Gasteiger partial charge in [0.25, 0.3) is 23.6 Å². The first-order valence-electron chi connectivity index (χ1n) is 19.8. The Kier molecular flexibility index (Phi) is 14.6. The third kappa shape index (κ3) is 10.7. The van der Waals surface area contributed by atoms with Gasteiger partial charge in [-0.15, -0.1) is 11.3 Å². The molecule has 12 nitrogen and oxygen atoms in total. The van der Waals surface area contributed by atoms with Gasteiger partial charge in [0, 0.05) is 73.6 Å². The molecule has 0 bridgehead atoms. The van der Waals surface area contributed by atoms with Crippen molar-refractivity contribution in [3.05, 3.63) is 116 Å². The fourth-order valence-electron chi connectivity index (χ4n) is 7.38. The number of hydrogen-bond acceptors (Lipinski definition) is 9. The van der Waals surface area contributed by atoms with E-state index in [1.165, 1.54) is 16.2 Å². The Morgan fingerprint density at radius 2 is 1.51 bits per heavy atom. The van der Waals surface area contributed by atoms with E-state index in [0.717, 1.165) is 85.3 Å². The number of carbonyl (C=O) groups excluding carboxylic acids is 4. The van der Waals surface area contributed by atoms with Gasteiger partial charge in [0.1, 0.15) is 5.00 Å². The van der Waals surface area contributed by atoms with E-state index in [0.29, 0.717) is 52.7 Å². The molecule has 302 valence electrons. The molecule has 1 aliphatic carbocycles. The van der Waals surface area contributed by atoms with Gasteiger partial charge in [0.15, 0.2) is 0 Å². The van der Waals surface area contributed by atoms with Gasteiger partial charge in [-0.2, -0.15) is 0 Å². The quantitative estimate of drug-likeness (QED) is 0.123. The topological polar surface area (TPSA) is 152 Å². The van der Waals surface area contributed by atoms with Gasteiger partial charge >= 0.3 is 0 Å². The summed E-state index contributed by atoms with van der Waals surface area (Å²) in [7, 11) is 1.77. The maximum absolute atomic E-state index is 14.0. The van der Waals surface area contributed by atoms with Crippen molar-refractivity contribution < 1.29 is 34.1 Å². The van der Waals surface area contributed by atoms with Crippen LogP contribution in [0.2, 0.25) is 0 Å². The summed E-state index contributed by atoms with van der Waals surface area (Å²) in [5, 5.41) is 25.2. The van der Waals surface area contributed by atoms with Gasteiger partial charge < -0.3 is 35.4 Å². The number of hydrogen-bond donors (Lipinski definition) is 4. The van der Waals surface area contributed by atoms with Crippen molar-refractivity contribution >= 4 is 45.7 Å². The Labute approximate surface area is 338 Å². The van der Waals surface area contributed by atoms with Crippen LogP contribution < -0.4 is 10.6 Å². The molecule has 0 atom stereocenters. The largest absolute Gasteiger partial charge is 0.395 e. The molecule has 0 saturated carbocycles. The van der Waals surface area contributed by atoms with Gasteiger partial charge in [-0.05, 0) is 110 Å². The number of amides is 4. The average molecular weight is 796 g/mol. The van der Waals surface area contributed by atoms with Gasteiger partial charge in [-0.1, -0.05) is 24.3 Å². The Balaban J connectivity index is 1.09. The van der Waals surface area contributed by atoms with Crippen molar-refractivity contribution in [1.82, 2.24) is 14.7 Å². The summed E-state index contributed by atoms with van der Waals surface area (Å²) in [6, 6.07) is 20.0. The molecule has 57 heavy (non-hydrogen) atoms. The number of nitrogens with one attached hydrogen (secondary N) is 2. The normalized spacial score (nSPS) is 14.1. The predicted molar refractivity (Wildman–Crippen MR) is 223 cm³/mol. The van der Waals surface area contributed by atoms with Crippen molar-refractivity contribution in [3.8, 4) is 0 Å². The lowest BCUT2D eigenvalue weighted by Crippen LogP contribution is -2.41. The van der Waals surface area contributed by atoms with E-state index in [1.807, 2.05) is 37.3 Å². The van der Waals surface area contributed by atoms with Gasteiger partial charge in [-0.25, -0.2) is 0 Å². The highest BCUT2D eigenvalue weighted by Crippen LogP contribution is 2.39. The summed E-state index contributed by atoms with van der Waals surface area (Å²) < 4.78 is 5.42. The number of thiophene rings is 1.